The van der Waals surface area contributed by atoms with Gasteiger partial charge in [-0.25, -0.2) is 0 Å². The molecule has 6 nitrogen and oxygen atoms in total. The number of hydrogen-bond acceptors (Lipinski definition) is 5. The molecule has 6 heteroatoms. The molecule has 1 atom stereocenters. The van der Waals surface area contributed by atoms with Gasteiger partial charge in [0, 0.05) is 12.6 Å². The Balaban J connectivity index is 2.55. The zero-order valence-corrected chi connectivity index (χ0v) is 12.5. The fraction of sp³-hybridized carbons (Fsp3) is 0.533. The molecule has 4 N–H and O–H groups in total. The number of nitrogens with two attached hydrogens (primary N) is 2. The molecule has 0 aromatic carbocycles. The monoisotopic (exact) mass is 293 g/mol. The number of nitrogens with zero attached hydrogens (tertiary/aromatic N) is 1. The van der Waals surface area contributed by atoms with Crippen LogP contribution in [0.3, 0.4) is 0 Å². The Kier molecular flexibility index (Phi) is 6.81. The first-order valence-electron chi connectivity index (χ1n) is 7.03. The maximum Gasteiger partial charge on any atom is 0.306 e. The van der Waals surface area contributed by atoms with E-state index in [1.165, 1.54) is 6.20 Å². The summed E-state index contributed by atoms with van der Waals surface area (Å²) in [6.07, 6.45) is 2.67. The standard InChI is InChI=1S/C15H23N3O3/c1-10(2)6-11(8-16)7-14(19)21-9-13-12(15(17)20)4-3-5-18-13/h3-5,10-11H,6-9,16H2,1-2H3,(H2,17,20)/t11-/m0/s1. The third-order valence-electron chi connectivity index (χ3n) is 3.12. The van der Waals surface area contributed by atoms with E-state index in [4.69, 9.17) is 16.2 Å². The highest BCUT2D eigenvalue weighted by Crippen LogP contribution is 2.15. The molecule has 0 bridgehead atoms. The van der Waals surface area contributed by atoms with Crippen LogP contribution in [-0.4, -0.2) is 23.4 Å². The lowest BCUT2D eigenvalue weighted by atomic mass is 9.94. The normalized spacial score (nSPS) is 12.2. The summed E-state index contributed by atoms with van der Waals surface area (Å²) in [5.74, 6) is -0.346. The molecule has 0 aliphatic carbocycles. The predicted molar refractivity (Wildman–Crippen MR) is 79.2 cm³/mol. The van der Waals surface area contributed by atoms with Crippen molar-refractivity contribution in [2.24, 2.45) is 23.3 Å². The number of rotatable bonds is 8. The number of hydrogen-bond donors (Lipinski definition) is 2. The summed E-state index contributed by atoms with van der Waals surface area (Å²) < 4.78 is 5.17. The van der Waals surface area contributed by atoms with Gasteiger partial charge < -0.3 is 16.2 Å². The summed E-state index contributed by atoms with van der Waals surface area (Å²) in [6, 6.07) is 3.17. The predicted octanol–water partition coefficient (Wildman–Crippen LogP) is 1.23. The topological polar surface area (TPSA) is 108 Å². The maximum atomic E-state index is 11.8. The summed E-state index contributed by atoms with van der Waals surface area (Å²) in [5.41, 5.74) is 11.5. The molecular formula is C15H23N3O3. The van der Waals surface area contributed by atoms with E-state index in [9.17, 15) is 9.59 Å². The second-order valence-corrected chi connectivity index (χ2v) is 5.46. The number of amides is 1. The maximum absolute atomic E-state index is 11.8. The lowest BCUT2D eigenvalue weighted by Gasteiger charge is -2.16. The molecule has 1 rings (SSSR count). The summed E-state index contributed by atoms with van der Waals surface area (Å²) in [7, 11) is 0. The van der Waals surface area contributed by atoms with Crippen LogP contribution in [0.4, 0.5) is 0 Å². The van der Waals surface area contributed by atoms with E-state index in [-0.39, 0.29) is 30.5 Å². The zero-order chi connectivity index (χ0) is 15.8. The molecule has 0 spiro atoms. The molecule has 0 unspecified atom stereocenters. The Morgan fingerprint density at radius 2 is 2.10 bits per heavy atom. The molecule has 0 radical (unpaired) electrons. The molecule has 1 aromatic rings. The molecule has 1 heterocycles. The van der Waals surface area contributed by atoms with Crippen molar-refractivity contribution in [2.45, 2.75) is 33.3 Å². The molecular weight excluding hydrogens is 270 g/mol. The van der Waals surface area contributed by atoms with Gasteiger partial charge in [-0.2, -0.15) is 0 Å². The van der Waals surface area contributed by atoms with Gasteiger partial charge in [0.2, 0.25) is 0 Å². The number of primary amides is 1. The van der Waals surface area contributed by atoms with Gasteiger partial charge in [0.05, 0.1) is 11.3 Å². The second-order valence-electron chi connectivity index (χ2n) is 5.46. The van der Waals surface area contributed by atoms with E-state index in [0.717, 1.165) is 6.42 Å². The van der Waals surface area contributed by atoms with Crippen molar-refractivity contribution in [1.82, 2.24) is 4.98 Å². The Morgan fingerprint density at radius 1 is 1.38 bits per heavy atom. The van der Waals surface area contributed by atoms with E-state index in [1.807, 2.05) is 0 Å². The molecule has 1 amide bonds. The van der Waals surface area contributed by atoms with Crippen LogP contribution >= 0.6 is 0 Å². The highest BCUT2D eigenvalue weighted by Gasteiger charge is 2.16. The Morgan fingerprint density at radius 3 is 2.67 bits per heavy atom. The first-order valence-corrected chi connectivity index (χ1v) is 7.03. The van der Waals surface area contributed by atoms with E-state index in [1.54, 1.807) is 12.1 Å². The van der Waals surface area contributed by atoms with Gasteiger partial charge in [-0.15, -0.1) is 0 Å². The van der Waals surface area contributed by atoms with Gasteiger partial charge in [0.25, 0.3) is 5.91 Å². The number of esters is 1. The third-order valence-corrected chi connectivity index (χ3v) is 3.12. The van der Waals surface area contributed by atoms with Crippen molar-refractivity contribution >= 4 is 11.9 Å². The second kappa shape index (κ2) is 8.36. The van der Waals surface area contributed by atoms with Crippen LogP contribution in [-0.2, 0) is 16.1 Å². The number of carbonyl (C=O) groups excluding carboxylic acids is 2. The highest BCUT2D eigenvalue weighted by atomic mass is 16.5. The summed E-state index contributed by atoms with van der Waals surface area (Å²) >= 11 is 0. The van der Waals surface area contributed by atoms with Crippen molar-refractivity contribution in [1.29, 1.82) is 0 Å². The smallest absolute Gasteiger partial charge is 0.306 e. The van der Waals surface area contributed by atoms with Crippen molar-refractivity contribution in [3.05, 3.63) is 29.6 Å². The number of ether oxygens (including phenoxy) is 1. The van der Waals surface area contributed by atoms with Crippen LogP contribution < -0.4 is 11.5 Å². The summed E-state index contributed by atoms with van der Waals surface area (Å²) in [5, 5.41) is 0. The minimum absolute atomic E-state index is 0.0586. The molecule has 116 valence electrons. The van der Waals surface area contributed by atoms with Gasteiger partial charge in [-0.1, -0.05) is 13.8 Å². The highest BCUT2D eigenvalue weighted by molar-refractivity contribution is 5.93. The number of aromatic nitrogens is 1. The van der Waals surface area contributed by atoms with Gasteiger partial charge in [0.15, 0.2) is 0 Å². The van der Waals surface area contributed by atoms with Gasteiger partial charge in [0.1, 0.15) is 6.61 Å². The molecule has 0 saturated carbocycles. The molecule has 0 fully saturated rings. The lowest BCUT2D eigenvalue weighted by Crippen LogP contribution is -2.22. The SMILES string of the molecule is CC(C)C[C@H](CN)CC(=O)OCc1ncccc1C(N)=O. The third kappa shape index (κ3) is 5.91. The molecule has 0 aliphatic rings. The van der Waals surface area contributed by atoms with Crippen LogP contribution in [0.15, 0.2) is 18.3 Å². The van der Waals surface area contributed by atoms with Crippen molar-refractivity contribution in [2.75, 3.05) is 6.54 Å². The minimum atomic E-state index is -0.589. The van der Waals surface area contributed by atoms with E-state index in [2.05, 4.69) is 18.8 Å². The van der Waals surface area contributed by atoms with Crippen LogP contribution in [0.1, 0.15) is 42.7 Å². The van der Waals surface area contributed by atoms with E-state index < -0.39 is 5.91 Å². The quantitative estimate of drug-likeness (QED) is 0.701. The summed E-state index contributed by atoms with van der Waals surface area (Å²) in [6.45, 7) is 4.56. The van der Waals surface area contributed by atoms with Crippen LogP contribution in [0.25, 0.3) is 0 Å². The Bertz CT molecular complexity index is 489. The van der Waals surface area contributed by atoms with Gasteiger partial charge >= 0.3 is 5.97 Å². The van der Waals surface area contributed by atoms with Crippen molar-refractivity contribution in [3.8, 4) is 0 Å². The molecule has 0 aliphatic heterocycles. The average molecular weight is 293 g/mol. The van der Waals surface area contributed by atoms with Crippen LogP contribution in [0, 0.1) is 11.8 Å². The average Bonchev–Trinajstić information content (AvgIpc) is 2.44. The van der Waals surface area contributed by atoms with Crippen LogP contribution in [0.5, 0.6) is 0 Å². The fourth-order valence-electron chi connectivity index (χ4n) is 2.15. The number of pyridine rings is 1. The fourth-order valence-corrected chi connectivity index (χ4v) is 2.15. The molecule has 21 heavy (non-hydrogen) atoms. The summed E-state index contributed by atoms with van der Waals surface area (Å²) in [4.78, 5) is 27.1. The number of carbonyl (C=O) groups is 2. The van der Waals surface area contributed by atoms with E-state index >= 15 is 0 Å². The van der Waals surface area contributed by atoms with Gasteiger partial charge in [-0.3, -0.25) is 14.6 Å². The minimum Gasteiger partial charge on any atom is -0.459 e. The van der Waals surface area contributed by atoms with Crippen molar-refractivity contribution < 1.29 is 14.3 Å². The molecule has 1 aromatic heterocycles. The van der Waals surface area contributed by atoms with Crippen LogP contribution in [0.2, 0.25) is 0 Å². The Hall–Kier alpha value is -1.95. The van der Waals surface area contributed by atoms with Crippen molar-refractivity contribution in [3.63, 3.8) is 0 Å². The van der Waals surface area contributed by atoms with Gasteiger partial charge in [-0.05, 0) is 36.9 Å². The molecule has 0 saturated heterocycles. The first-order chi connectivity index (χ1) is 9.93. The largest absolute Gasteiger partial charge is 0.459 e. The lowest BCUT2D eigenvalue weighted by molar-refractivity contribution is -0.146. The van der Waals surface area contributed by atoms with E-state index in [0.29, 0.717) is 18.2 Å². The zero-order valence-electron chi connectivity index (χ0n) is 12.5. The first kappa shape index (κ1) is 17.1. The Labute approximate surface area is 124 Å².